The normalized spacial score (nSPS) is 15.4. The van der Waals surface area contributed by atoms with Gasteiger partial charge in [-0.05, 0) is 60.9 Å². The molecule has 0 bridgehead atoms. The third kappa shape index (κ3) is 6.05. The molecule has 1 atom stereocenters. The maximum Gasteiger partial charge on any atom is 0.258 e. The zero-order valence-electron chi connectivity index (χ0n) is 21.9. The van der Waals surface area contributed by atoms with E-state index in [-0.39, 0.29) is 12.0 Å². The molecule has 1 saturated heterocycles. The monoisotopic (exact) mass is 514 g/mol. The van der Waals surface area contributed by atoms with Crippen LogP contribution in [0.15, 0.2) is 72.8 Å². The fourth-order valence-electron chi connectivity index (χ4n) is 4.90. The molecule has 8 nitrogen and oxygen atoms in total. The van der Waals surface area contributed by atoms with E-state index in [0.717, 1.165) is 72.6 Å². The van der Waals surface area contributed by atoms with E-state index in [1.807, 2.05) is 72.8 Å². The number of aromatic amines is 1. The van der Waals surface area contributed by atoms with E-state index in [2.05, 4.69) is 20.4 Å². The van der Waals surface area contributed by atoms with Crippen LogP contribution in [0.25, 0.3) is 22.2 Å². The Bertz CT molecular complexity index is 1330. The molecule has 2 heterocycles. The highest BCUT2D eigenvalue weighted by Gasteiger charge is 2.22. The summed E-state index contributed by atoms with van der Waals surface area (Å²) < 4.78 is 16.9. The molecule has 1 amide bonds. The number of H-pyrrole nitrogens is 1. The summed E-state index contributed by atoms with van der Waals surface area (Å²) >= 11 is 0. The first kappa shape index (κ1) is 25.9. The van der Waals surface area contributed by atoms with Gasteiger partial charge in [0.15, 0.2) is 6.10 Å². The van der Waals surface area contributed by atoms with Crippen LogP contribution in [0.3, 0.4) is 0 Å². The summed E-state index contributed by atoms with van der Waals surface area (Å²) in [5, 5.41) is 11.5. The highest BCUT2D eigenvalue weighted by molar-refractivity contribution is 5.99. The van der Waals surface area contributed by atoms with E-state index in [9.17, 15) is 4.79 Å². The topological polar surface area (TPSA) is 88.7 Å². The maximum absolute atomic E-state index is 13.0. The van der Waals surface area contributed by atoms with Crippen LogP contribution >= 0.6 is 0 Å². The predicted molar refractivity (Wildman–Crippen MR) is 148 cm³/mol. The Morgan fingerprint density at radius 3 is 2.53 bits per heavy atom. The lowest BCUT2D eigenvalue weighted by Crippen LogP contribution is -2.39. The molecule has 38 heavy (non-hydrogen) atoms. The minimum absolute atomic E-state index is 0.226. The van der Waals surface area contributed by atoms with Crippen molar-refractivity contribution in [3.05, 3.63) is 78.4 Å². The van der Waals surface area contributed by atoms with Gasteiger partial charge in [-0.2, -0.15) is 5.10 Å². The lowest BCUT2D eigenvalue weighted by atomic mass is 10.1. The second kappa shape index (κ2) is 12.2. The Morgan fingerprint density at radius 2 is 1.82 bits per heavy atom. The van der Waals surface area contributed by atoms with E-state index in [1.165, 1.54) is 7.11 Å². The number of benzene rings is 3. The molecule has 3 aromatic carbocycles. The molecule has 0 saturated carbocycles. The summed E-state index contributed by atoms with van der Waals surface area (Å²) in [5.74, 6) is 0.637. The van der Waals surface area contributed by atoms with E-state index in [4.69, 9.17) is 14.2 Å². The van der Waals surface area contributed by atoms with Gasteiger partial charge in [0.1, 0.15) is 11.9 Å². The Morgan fingerprint density at radius 1 is 1.05 bits per heavy atom. The lowest BCUT2D eigenvalue weighted by molar-refractivity contribution is -0.126. The first-order chi connectivity index (χ1) is 18.6. The number of aromatic nitrogens is 2. The van der Waals surface area contributed by atoms with Crippen LogP contribution in [0.2, 0.25) is 0 Å². The molecule has 5 rings (SSSR count). The van der Waals surface area contributed by atoms with Crippen molar-refractivity contribution in [3.8, 4) is 17.0 Å². The molecule has 1 aromatic heterocycles. The van der Waals surface area contributed by atoms with Gasteiger partial charge in [-0.25, -0.2) is 0 Å². The number of hydrogen-bond donors (Lipinski definition) is 2. The number of rotatable bonds is 10. The number of hydrogen-bond acceptors (Lipinski definition) is 6. The largest absolute Gasteiger partial charge is 0.490 e. The second-order valence-electron chi connectivity index (χ2n) is 9.52. The van der Waals surface area contributed by atoms with Gasteiger partial charge in [-0.1, -0.05) is 30.3 Å². The molecular formula is C30H34N4O4. The maximum atomic E-state index is 13.0. The van der Waals surface area contributed by atoms with Crippen molar-refractivity contribution in [3.63, 3.8) is 0 Å². The van der Waals surface area contributed by atoms with Gasteiger partial charge >= 0.3 is 0 Å². The van der Waals surface area contributed by atoms with Crippen LogP contribution in [0.4, 0.5) is 5.69 Å². The summed E-state index contributed by atoms with van der Waals surface area (Å²) in [6.45, 7) is 3.80. The van der Waals surface area contributed by atoms with Crippen LogP contribution in [0.1, 0.15) is 24.5 Å². The van der Waals surface area contributed by atoms with Gasteiger partial charge in [-0.15, -0.1) is 0 Å². The van der Waals surface area contributed by atoms with E-state index in [1.54, 1.807) is 7.11 Å². The number of carbonyl (C=O) groups excluding carboxylic acids is 1. The number of piperidine rings is 1. The molecule has 1 aliphatic heterocycles. The molecule has 0 spiro atoms. The van der Waals surface area contributed by atoms with E-state index < -0.39 is 6.10 Å². The lowest BCUT2D eigenvalue weighted by Gasteiger charge is -2.31. The van der Waals surface area contributed by atoms with Crippen molar-refractivity contribution in [1.82, 2.24) is 15.1 Å². The standard InChI is InChI=1S/C30H34N4O4/c1-36-19-18-34-16-14-25(15-17-34)38-24-11-8-21(9-12-24)28-26-20-23(10-13-27(26)32-33-28)31-30(35)29(37-2)22-6-4-3-5-7-22/h3-13,20,25,29H,14-19H2,1-2H3,(H,31,35)(H,32,33). The van der Waals surface area contributed by atoms with Gasteiger partial charge in [0.05, 0.1) is 17.8 Å². The van der Waals surface area contributed by atoms with Crippen molar-refractivity contribution >= 4 is 22.5 Å². The minimum atomic E-state index is -0.694. The smallest absolute Gasteiger partial charge is 0.258 e. The van der Waals surface area contributed by atoms with Gasteiger partial charge in [0.25, 0.3) is 5.91 Å². The SMILES string of the molecule is COCCN1CCC(Oc2ccc(-c3n[nH]c4ccc(NC(=O)C(OC)c5ccccc5)cc34)cc2)CC1. The molecule has 1 aliphatic rings. The summed E-state index contributed by atoms with van der Waals surface area (Å²) in [6, 6.07) is 23.2. The Balaban J connectivity index is 1.25. The van der Waals surface area contributed by atoms with Gasteiger partial charge in [0, 0.05) is 50.5 Å². The van der Waals surface area contributed by atoms with Crippen molar-refractivity contribution in [2.24, 2.45) is 0 Å². The van der Waals surface area contributed by atoms with E-state index in [0.29, 0.717) is 5.69 Å². The van der Waals surface area contributed by atoms with Crippen molar-refractivity contribution in [2.75, 3.05) is 45.8 Å². The predicted octanol–water partition coefficient (Wildman–Crippen LogP) is 5.05. The first-order valence-electron chi connectivity index (χ1n) is 13.0. The average molecular weight is 515 g/mol. The Labute approximate surface area is 222 Å². The zero-order valence-corrected chi connectivity index (χ0v) is 21.9. The number of methoxy groups -OCH3 is 2. The van der Waals surface area contributed by atoms with Crippen LogP contribution in [0, 0.1) is 0 Å². The molecular weight excluding hydrogens is 480 g/mol. The molecule has 8 heteroatoms. The Kier molecular flexibility index (Phi) is 8.33. The number of ether oxygens (including phenoxy) is 3. The fourth-order valence-corrected chi connectivity index (χ4v) is 4.90. The third-order valence-electron chi connectivity index (χ3n) is 6.98. The first-order valence-corrected chi connectivity index (χ1v) is 13.0. The summed E-state index contributed by atoms with van der Waals surface area (Å²) in [6.07, 6.45) is 1.56. The molecule has 198 valence electrons. The van der Waals surface area contributed by atoms with Gasteiger partial charge < -0.3 is 24.4 Å². The van der Waals surface area contributed by atoms with Crippen LogP contribution in [-0.2, 0) is 14.3 Å². The van der Waals surface area contributed by atoms with Crippen molar-refractivity contribution in [1.29, 1.82) is 0 Å². The number of amides is 1. The number of carbonyl (C=O) groups is 1. The van der Waals surface area contributed by atoms with Gasteiger partial charge in [0.2, 0.25) is 0 Å². The molecule has 1 fully saturated rings. The number of nitrogens with one attached hydrogen (secondary N) is 2. The van der Waals surface area contributed by atoms with Crippen molar-refractivity contribution < 1.29 is 19.0 Å². The Hall–Kier alpha value is -3.72. The minimum Gasteiger partial charge on any atom is -0.490 e. The van der Waals surface area contributed by atoms with Gasteiger partial charge in [-0.3, -0.25) is 9.89 Å². The van der Waals surface area contributed by atoms with E-state index >= 15 is 0 Å². The number of anilines is 1. The van der Waals surface area contributed by atoms with Crippen LogP contribution in [0.5, 0.6) is 5.75 Å². The second-order valence-corrected chi connectivity index (χ2v) is 9.52. The number of likely N-dealkylation sites (tertiary alicyclic amines) is 1. The molecule has 0 radical (unpaired) electrons. The average Bonchev–Trinajstić information content (AvgIpc) is 3.37. The highest BCUT2D eigenvalue weighted by Crippen LogP contribution is 2.31. The fraction of sp³-hybridized carbons (Fsp3) is 0.333. The van der Waals surface area contributed by atoms with Crippen molar-refractivity contribution in [2.45, 2.75) is 25.0 Å². The molecule has 2 N–H and O–H groups in total. The quantitative estimate of drug-likeness (QED) is 0.308. The summed E-state index contributed by atoms with van der Waals surface area (Å²) in [4.78, 5) is 15.4. The zero-order chi connectivity index (χ0) is 26.3. The highest BCUT2D eigenvalue weighted by atomic mass is 16.5. The number of nitrogens with zero attached hydrogens (tertiary/aromatic N) is 2. The van der Waals surface area contributed by atoms with Crippen LogP contribution in [-0.4, -0.2) is 67.6 Å². The number of fused-ring (bicyclic) bond motifs is 1. The molecule has 1 unspecified atom stereocenters. The molecule has 4 aromatic rings. The van der Waals surface area contributed by atoms with Crippen LogP contribution < -0.4 is 10.1 Å². The molecule has 0 aliphatic carbocycles. The third-order valence-corrected chi connectivity index (χ3v) is 6.98. The summed E-state index contributed by atoms with van der Waals surface area (Å²) in [5.41, 5.74) is 4.17. The summed E-state index contributed by atoms with van der Waals surface area (Å²) in [7, 11) is 3.28.